The number of rotatable bonds is 3. The lowest BCUT2D eigenvalue weighted by Crippen LogP contribution is -2.02. The van der Waals surface area contributed by atoms with E-state index in [0.717, 1.165) is 22.9 Å². The van der Waals surface area contributed by atoms with Crippen LogP contribution in [0.15, 0.2) is 24.3 Å². The first-order chi connectivity index (χ1) is 8.11. The number of aromatic nitrogens is 1. The molecule has 0 atom stereocenters. The average molecular weight is 249 g/mol. The van der Waals surface area contributed by atoms with Gasteiger partial charge in [-0.25, -0.2) is 4.98 Å². The maximum Gasteiger partial charge on any atom is 0.133 e. The van der Waals surface area contributed by atoms with E-state index >= 15 is 0 Å². The van der Waals surface area contributed by atoms with Gasteiger partial charge in [0.1, 0.15) is 5.15 Å². The molecular formula is C14H17ClN2. The Morgan fingerprint density at radius 3 is 2.71 bits per heavy atom. The van der Waals surface area contributed by atoms with E-state index in [0.29, 0.717) is 17.6 Å². The fourth-order valence-corrected chi connectivity index (χ4v) is 2.31. The van der Waals surface area contributed by atoms with Gasteiger partial charge in [0, 0.05) is 5.39 Å². The highest BCUT2D eigenvalue weighted by atomic mass is 35.5. The molecule has 0 saturated heterocycles. The number of fused-ring (bicyclic) bond motifs is 1. The Morgan fingerprint density at radius 2 is 2.06 bits per heavy atom. The molecule has 0 aliphatic carbocycles. The van der Waals surface area contributed by atoms with Crippen molar-refractivity contribution in [1.82, 2.24) is 4.98 Å². The molecular weight excluding hydrogens is 232 g/mol. The Balaban J connectivity index is 2.56. The molecule has 1 heterocycles. The van der Waals surface area contributed by atoms with E-state index in [2.05, 4.69) is 37.0 Å². The first-order valence-electron chi connectivity index (χ1n) is 5.91. The molecule has 90 valence electrons. The quantitative estimate of drug-likeness (QED) is 0.845. The fraction of sp³-hybridized carbons (Fsp3) is 0.357. The predicted molar refractivity (Wildman–Crippen MR) is 73.6 cm³/mol. The minimum Gasteiger partial charge on any atom is -0.330 e. The van der Waals surface area contributed by atoms with E-state index < -0.39 is 0 Å². The first kappa shape index (κ1) is 12.3. The summed E-state index contributed by atoms with van der Waals surface area (Å²) in [5.74, 6) is 0.387. The van der Waals surface area contributed by atoms with Crippen LogP contribution in [0.4, 0.5) is 0 Å². The molecule has 2 nitrogen and oxygen atoms in total. The molecule has 2 rings (SSSR count). The largest absolute Gasteiger partial charge is 0.330 e. The molecule has 0 spiro atoms. The van der Waals surface area contributed by atoms with Gasteiger partial charge in [-0.3, -0.25) is 0 Å². The molecule has 17 heavy (non-hydrogen) atoms. The van der Waals surface area contributed by atoms with Crippen molar-refractivity contribution in [2.24, 2.45) is 5.73 Å². The topological polar surface area (TPSA) is 38.9 Å². The maximum atomic E-state index is 6.17. The zero-order valence-electron chi connectivity index (χ0n) is 10.2. The fourth-order valence-electron chi connectivity index (χ4n) is 1.95. The van der Waals surface area contributed by atoms with E-state index in [1.54, 1.807) is 0 Å². The molecule has 2 N–H and O–H groups in total. The SMILES string of the molecule is CC(C)c1cc2cc(CCN)ccc2nc1Cl. The smallest absolute Gasteiger partial charge is 0.133 e. The standard InChI is InChI=1S/C14H17ClN2/c1-9(2)12-8-11-7-10(5-6-16)3-4-13(11)17-14(12)15/h3-4,7-9H,5-6,16H2,1-2H3. The predicted octanol–water partition coefficient (Wildman–Crippen LogP) is 3.51. The van der Waals surface area contributed by atoms with Gasteiger partial charge in [-0.1, -0.05) is 31.5 Å². The van der Waals surface area contributed by atoms with Crippen molar-refractivity contribution < 1.29 is 0 Å². The van der Waals surface area contributed by atoms with E-state index in [9.17, 15) is 0 Å². The molecule has 0 bridgehead atoms. The summed E-state index contributed by atoms with van der Waals surface area (Å²) in [7, 11) is 0. The van der Waals surface area contributed by atoms with Gasteiger partial charge in [0.05, 0.1) is 5.52 Å². The first-order valence-corrected chi connectivity index (χ1v) is 6.28. The van der Waals surface area contributed by atoms with Gasteiger partial charge >= 0.3 is 0 Å². The Bertz CT molecular complexity index is 535. The molecule has 0 radical (unpaired) electrons. The summed E-state index contributed by atoms with van der Waals surface area (Å²) in [5, 5.41) is 1.75. The van der Waals surface area contributed by atoms with Crippen molar-refractivity contribution in [2.75, 3.05) is 6.54 Å². The molecule has 1 aromatic heterocycles. The van der Waals surface area contributed by atoms with Crippen LogP contribution in [0.5, 0.6) is 0 Å². The number of hydrogen-bond donors (Lipinski definition) is 1. The van der Waals surface area contributed by atoms with E-state index in [4.69, 9.17) is 17.3 Å². The highest BCUT2D eigenvalue weighted by molar-refractivity contribution is 6.30. The second kappa shape index (κ2) is 5.03. The molecule has 3 heteroatoms. The van der Waals surface area contributed by atoms with Crippen LogP contribution in [0.1, 0.15) is 30.9 Å². The van der Waals surface area contributed by atoms with Gasteiger partial charge in [-0.15, -0.1) is 0 Å². The van der Waals surface area contributed by atoms with Crippen LogP contribution < -0.4 is 5.73 Å². The maximum absolute atomic E-state index is 6.17. The summed E-state index contributed by atoms with van der Waals surface area (Å²) in [6.45, 7) is 4.92. The summed E-state index contributed by atoms with van der Waals surface area (Å²) < 4.78 is 0. The molecule has 0 fully saturated rings. The minimum atomic E-state index is 0.387. The second-order valence-corrected chi connectivity index (χ2v) is 4.95. The number of pyridine rings is 1. The Labute approximate surface area is 107 Å². The number of hydrogen-bond acceptors (Lipinski definition) is 2. The monoisotopic (exact) mass is 248 g/mol. The van der Waals surface area contributed by atoms with Crippen LogP contribution in [0.2, 0.25) is 5.15 Å². The zero-order chi connectivity index (χ0) is 12.4. The van der Waals surface area contributed by atoms with Crippen molar-refractivity contribution >= 4 is 22.5 Å². The number of halogens is 1. The molecule has 1 aromatic carbocycles. The number of nitrogens with two attached hydrogens (primary N) is 1. The Morgan fingerprint density at radius 1 is 1.29 bits per heavy atom. The normalized spacial score (nSPS) is 11.4. The third-order valence-electron chi connectivity index (χ3n) is 2.91. The van der Waals surface area contributed by atoms with Crippen molar-refractivity contribution in [3.8, 4) is 0 Å². The lowest BCUT2D eigenvalue weighted by Gasteiger charge is -2.10. The van der Waals surface area contributed by atoms with Gasteiger partial charge in [0.25, 0.3) is 0 Å². The summed E-state index contributed by atoms with van der Waals surface area (Å²) in [6, 6.07) is 8.36. The summed E-state index contributed by atoms with van der Waals surface area (Å²) in [4.78, 5) is 4.43. The number of nitrogens with zero attached hydrogens (tertiary/aromatic N) is 1. The Kier molecular flexibility index (Phi) is 3.65. The van der Waals surface area contributed by atoms with Crippen LogP contribution in [-0.2, 0) is 6.42 Å². The minimum absolute atomic E-state index is 0.387. The summed E-state index contributed by atoms with van der Waals surface area (Å²) >= 11 is 6.17. The highest BCUT2D eigenvalue weighted by Crippen LogP contribution is 2.27. The lowest BCUT2D eigenvalue weighted by atomic mass is 10.0. The van der Waals surface area contributed by atoms with Gasteiger partial charge in [0.15, 0.2) is 0 Å². The van der Waals surface area contributed by atoms with Crippen molar-refractivity contribution in [3.63, 3.8) is 0 Å². The molecule has 0 aliphatic heterocycles. The van der Waals surface area contributed by atoms with Crippen molar-refractivity contribution in [1.29, 1.82) is 0 Å². The summed E-state index contributed by atoms with van der Waals surface area (Å²) in [6.07, 6.45) is 0.898. The third-order valence-corrected chi connectivity index (χ3v) is 3.22. The van der Waals surface area contributed by atoms with E-state index in [1.165, 1.54) is 5.56 Å². The molecule has 0 amide bonds. The average Bonchev–Trinajstić information content (AvgIpc) is 2.28. The van der Waals surface area contributed by atoms with Gasteiger partial charge in [-0.05, 0) is 48.2 Å². The van der Waals surface area contributed by atoms with Crippen molar-refractivity contribution in [3.05, 3.63) is 40.5 Å². The van der Waals surface area contributed by atoms with Gasteiger partial charge in [-0.2, -0.15) is 0 Å². The van der Waals surface area contributed by atoms with E-state index in [1.807, 2.05) is 6.07 Å². The molecule has 0 aliphatic rings. The van der Waals surface area contributed by atoms with E-state index in [-0.39, 0.29) is 0 Å². The molecule has 0 saturated carbocycles. The zero-order valence-corrected chi connectivity index (χ0v) is 11.0. The lowest BCUT2D eigenvalue weighted by molar-refractivity contribution is 0.862. The van der Waals surface area contributed by atoms with Crippen LogP contribution >= 0.6 is 11.6 Å². The third kappa shape index (κ3) is 2.59. The Hall–Kier alpha value is -1.12. The van der Waals surface area contributed by atoms with Crippen LogP contribution in [0, 0.1) is 0 Å². The highest BCUT2D eigenvalue weighted by Gasteiger charge is 2.08. The summed E-state index contributed by atoms with van der Waals surface area (Å²) in [5.41, 5.74) is 8.86. The van der Waals surface area contributed by atoms with Crippen LogP contribution in [0.25, 0.3) is 10.9 Å². The number of benzene rings is 1. The van der Waals surface area contributed by atoms with Gasteiger partial charge in [0.2, 0.25) is 0 Å². The second-order valence-electron chi connectivity index (χ2n) is 4.59. The van der Waals surface area contributed by atoms with Crippen LogP contribution in [0.3, 0.4) is 0 Å². The van der Waals surface area contributed by atoms with Crippen LogP contribution in [-0.4, -0.2) is 11.5 Å². The van der Waals surface area contributed by atoms with Crippen molar-refractivity contribution in [2.45, 2.75) is 26.2 Å². The van der Waals surface area contributed by atoms with Gasteiger partial charge < -0.3 is 5.73 Å². The molecule has 0 unspecified atom stereocenters. The molecule has 2 aromatic rings.